The molecule has 1 amide bonds. The molecular formula is C19H25N3O2. The van der Waals surface area contributed by atoms with Crippen molar-refractivity contribution in [2.75, 3.05) is 0 Å². The first-order valence-electron chi connectivity index (χ1n) is 8.83. The molecule has 0 spiro atoms. The molecule has 24 heavy (non-hydrogen) atoms. The van der Waals surface area contributed by atoms with Gasteiger partial charge in [0, 0.05) is 18.0 Å². The van der Waals surface area contributed by atoms with Crippen LogP contribution in [0.5, 0.6) is 0 Å². The Balaban J connectivity index is 1.98. The third-order valence-electron chi connectivity index (χ3n) is 5.41. The molecule has 0 radical (unpaired) electrons. The molecule has 0 saturated heterocycles. The van der Waals surface area contributed by atoms with Crippen LogP contribution in [0.3, 0.4) is 0 Å². The largest absolute Gasteiger partial charge is 0.348 e. The Kier molecular flexibility index (Phi) is 4.69. The fourth-order valence-electron chi connectivity index (χ4n) is 3.64. The Hall–Kier alpha value is -2.17. The van der Waals surface area contributed by atoms with Crippen LogP contribution in [-0.2, 0) is 6.54 Å². The summed E-state index contributed by atoms with van der Waals surface area (Å²) in [5, 5.41) is 8.65. The van der Waals surface area contributed by atoms with Gasteiger partial charge in [0.1, 0.15) is 0 Å². The third-order valence-corrected chi connectivity index (χ3v) is 5.41. The standard InChI is InChI=1S/C19H25N3O2/c1-4-22-19(24)15-10-6-5-9-14(15)17(21-22)18(23)20-16-11-7-8-12(2)13(16)3/h5-6,9-10,12-13,16H,4,7-8,11H2,1-3H3,(H,20,23)/t12-,13+,16-/m1/s1. The van der Waals surface area contributed by atoms with E-state index in [0.29, 0.717) is 34.8 Å². The molecule has 128 valence electrons. The molecule has 1 aliphatic rings. The predicted octanol–water partition coefficient (Wildman–Crippen LogP) is 2.97. The van der Waals surface area contributed by atoms with Gasteiger partial charge in [-0.15, -0.1) is 0 Å². The van der Waals surface area contributed by atoms with Gasteiger partial charge in [0.2, 0.25) is 0 Å². The minimum atomic E-state index is -0.181. The molecule has 1 N–H and O–H groups in total. The van der Waals surface area contributed by atoms with E-state index in [1.165, 1.54) is 11.1 Å². The zero-order valence-electron chi connectivity index (χ0n) is 14.6. The van der Waals surface area contributed by atoms with Crippen LogP contribution in [0.4, 0.5) is 0 Å². The molecule has 1 aromatic carbocycles. The molecular weight excluding hydrogens is 302 g/mol. The van der Waals surface area contributed by atoms with Gasteiger partial charge < -0.3 is 5.32 Å². The van der Waals surface area contributed by atoms with Crippen molar-refractivity contribution in [3.8, 4) is 0 Å². The maximum absolute atomic E-state index is 12.9. The number of aryl methyl sites for hydroxylation is 1. The second-order valence-electron chi connectivity index (χ2n) is 6.86. The van der Waals surface area contributed by atoms with Gasteiger partial charge in [-0.2, -0.15) is 5.10 Å². The quantitative estimate of drug-likeness (QED) is 0.942. The molecule has 2 aromatic rings. The Morgan fingerprint density at radius 1 is 1.25 bits per heavy atom. The first-order valence-corrected chi connectivity index (χ1v) is 8.83. The molecule has 3 rings (SSSR count). The van der Waals surface area contributed by atoms with Crippen LogP contribution in [0, 0.1) is 11.8 Å². The van der Waals surface area contributed by atoms with Crippen LogP contribution < -0.4 is 10.9 Å². The second-order valence-corrected chi connectivity index (χ2v) is 6.86. The van der Waals surface area contributed by atoms with Crippen LogP contribution in [-0.4, -0.2) is 21.7 Å². The van der Waals surface area contributed by atoms with E-state index >= 15 is 0 Å². The number of hydrogen-bond acceptors (Lipinski definition) is 3. The Labute approximate surface area is 142 Å². The number of carbonyl (C=O) groups is 1. The molecule has 0 bridgehead atoms. The van der Waals surface area contributed by atoms with Crippen LogP contribution >= 0.6 is 0 Å². The number of nitrogens with one attached hydrogen (secondary N) is 1. The van der Waals surface area contributed by atoms with E-state index in [9.17, 15) is 9.59 Å². The fraction of sp³-hybridized carbons (Fsp3) is 0.526. The van der Waals surface area contributed by atoms with Gasteiger partial charge in [-0.3, -0.25) is 9.59 Å². The lowest BCUT2D eigenvalue weighted by atomic mass is 9.78. The molecule has 0 aliphatic heterocycles. The average Bonchev–Trinajstić information content (AvgIpc) is 2.59. The number of rotatable bonds is 3. The highest BCUT2D eigenvalue weighted by atomic mass is 16.2. The number of fused-ring (bicyclic) bond motifs is 1. The maximum Gasteiger partial charge on any atom is 0.274 e. The van der Waals surface area contributed by atoms with Crippen molar-refractivity contribution in [3.63, 3.8) is 0 Å². The van der Waals surface area contributed by atoms with E-state index in [4.69, 9.17) is 0 Å². The number of nitrogens with zero attached hydrogens (tertiary/aromatic N) is 2. The first-order chi connectivity index (χ1) is 11.5. The van der Waals surface area contributed by atoms with E-state index in [2.05, 4.69) is 24.3 Å². The first kappa shape index (κ1) is 16.7. The minimum Gasteiger partial charge on any atom is -0.348 e. The molecule has 5 heteroatoms. The molecule has 1 aromatic heterocycles. The van der Waals surface area contributed by atoms with Gasteiger partial charge in [0.25, 0.3) is 11.5 Å². The summed E-state index contributed by atoms with van der Waals surface area (Å²) in [5.74, 6) is 0.878. The number of benzene rings is 1. The monoisotopic (exact) mass is 327 g/mol. The van der Waals surface area contributed by atoms with Crippen molar-refractivity contribution >= 4 is 16.7 Å². The van der Waals surface area contributed by atoms with Crippen molar-refractivity contribution < 1.29 is 4.79 Å². The van der Waals surface area contributed by atoms with E-state index in [1.54, 1.807) is 12.1 Å². The molecule has 1 heterocycles. The van der Waals surface area contributed by atoms with Crippen molar-refractivity contribution in [1.29, 1.82) is 0 Å². The van der Waals surface area contributed by atoms with Crippen LogP contribution in [0.15, 0.2) is 29.1 Å². The molecule has 0 unspecified atom stereocenters. The SMILES string of the molecule is CCn1nc(C(=O)N[C@@H]2CCC[C@@H](C)[C@@H]2C)c2ccccc2c1=O. The van der Waals surface area contributed by atoms with Gasteiger partial charge in [-0.25, -0.2) is 4.68 Å². The summed E-state index contributed by atoms with van der Waals surface area (Å²) in [6.45, 7) is 6.75. The molecule has 1 saturated carbocycles. The molecule has 3 atom stereocenters. The highest BCUT2D eigenvalue weighted by Crippen LogP contribution is 2.29. The topological polar surface area (TPSA) is 64.0 Å². The zero-order valence-corrected chi connectivity index (χ0v) is 14.6. The smallest absolute Gasteiger partial charge is 0.274 e. The Morgan fingerprint density at radius 2 is 1.96 bits per heavy atom. The second kappa shape index (κ2) is 6.75. The summed E-state index contributed by atoms with van der Waals surface area (Å²) in [4.78, 5) is 25.3. The van der Waals surface area contributed by atoms with Crippen LogP contribution in [0.25, 0.3) is 10.8 Å². The van der Waals surface area contributed by atoms with Crippen molar-refractivity contribution in [3.05, 3.63) is 40.3 Å². The lowest BCUT2D eigenvalue weighted by Crippen LogP contribution is -2.44. The van der Waals surface area contributed by atoms with Crippen molar-refractivity contribution in [2.45, 2.75) is 52.6 Å². The number of aromatic nitrogens is 2. The summed E-state index contributed by atoms with van der Waals surface area (Å²) in [7, 11) is 0. The van der Waals surface area contributed by atoms with Crippen LogP contribution in [0.1, 0.15) is 50.5 Å². The van der Waals surface area contributed by atoms with Gasteiger partial charge in [-0.05, 0) is 31.2 Å². The fourth-order valence-corrected chi connectivity index (χ4v) is 3.64. The number of hydrogen-bond donors (Lipinski definition) is 1. The molecule has 1 fully saturated rings. The lowest BCUT2D eigenvalue weighted by Gasteiger charge is -2.34. The zero-order chi connectivity index (χ0) is 17.3. The highest BCUT2D eigenvalue weighted by Gasteiger charge is 2.29. The summed E-state index contributed by atoms with van der Waals surface area (Å²) in [5.41, 5.74) is 0.196. The Morgan fingerprint density at radius 3 is 2.67 bits per heavy atom. The highest BCUT2D eigenvalue weighted by molar-refractivity contribution is 6.04. The van der Waals surface area contributed by atoms with Gasteiger partial charge in [0.05, 0.1) is 5.39 Å². The van der Waals surface area contributed by atoms with Gasteiger partial charge >= 0.3 is 0 Å². The van der Waals surface area contributed by atoms with E-state index in [1.807, 2.05) is 19.1 Å². The minimum absolute atomic E-state index is 0.149. The van der Waals surface area contributed by atoms with Crippen molar-refractivity contribution in [1.82, 2.24) is 15.1 Å². The summed E-state index contributed by atoms with van der Waals surface area (Å²) in [6, 6.07) is 7.38. The summed E-state index contributed by atoms with van der Waals surface area (Å²) >= 11 is 0. The Bertz CT molecular complexity index is 812. The van der Waals surface area contributed by atoms with Gasteiger partial charge in [-0.1, -0.05) is 44.9 Å². The average molecular weight is 327 g/mol. The summed E-state index contributed by atoms with van der Waals surface area (Å²) < 4.78 is 1.37. The van der Waals surface area contributed by atoms with E-state index in [-0.39, 0.29) is 17.5 Å². The normalized spacial score (nSPS) is 24.0. The van der Waals surface area contributed by atoms with E-state index < -0.39 is 0 Å². The van der Waals surface area contributed by atoms with Crippen LogP contribution in [0.2, 0.25) is 0 Å². The number of carbonyl (C=O) groups excluding carboxylic acids is 1. The molecule has 1 aliphatic carbocycles. The maximum atomic E-state index is 12.9. The summed E-state index contributed by atoms with van der Waals surface area (Å²) in [6.07, 6.45) is 3.36. The number of amides is 1. The van der Waals surface area contributed by atoms with Gasteiger partial charge in [0.15, 0.2) is 5.69 Å². The third kappa shape index (κ3) is 2.95. The molecule has 5 nitrogen and oxygen atoms in total. The van der Waals surface area contributed by atoms with E-state index in [0.717, 1.165) is 12.8 Å². The predicted molar refractivity (Wildman–Crippen MR) is 95.1 cm³/mol. The lowest BCUT2D eigenvalue weighted by molar-refractivity contribution is 0.0885. The van der Waals surface area contributed by atoms with Crippen molar-refractivity contribution in [2.24, 2.45) is 11.8 Å².